The van der Waals surface area contributed by atoms with Crippen LogP contribution in [-0.2, 0) is 33.4 Å². The number of hydrogen-bond donors (Lipinski definition) is 1. The normalized spacial score (nSPS) is 46.0. The van der Waals surface area contributed by atoms with E-state index in [1.807, 2.05) is 0 Å². The third-order valence-electron chi connectivity index (χ3n) is 7.98. The van der Waals surface area contributed by atoms with E-state index in [2.05, 4.69) is 0 Å². The minimum atomic E-state index is -1.38. The van der Waals surface area contributed by atoms with Gasteiger partial charge >= 0.3 is 17.9 Å². The van der Waals surface area contributed by atoms with Gasteiger partial charge in [-0.25, -0.2) is 0 Å². The van der Waals surface area contributed by atoms with Crippen molar-refractivity contribution in [2.45, 2.75) is 45.8 Å². The number of allylic oxidation sites excluding steroid dienone is 1. The van der Waals surface area contributed by atoms with E-state index >= 15 is 0 Å². The van der Waals surface area contributed by atoms with E-state index in [1.54, 1.807) is 20.8 Å². The fourth-order valence-corrected chi connectivity index (χ4v) is 6.54. The van der Waals surface area contributed by atoms with E-state index in [4.69, 9.17) is 14.2 Å². The highest BCUT2D eigenvalue weighted by molar-refractivity contribution is 5.97. The van der Waals surface area contributed by atoms with Crippen LogP contribution in [0.4, 0.5) is 0 Å². The van der Waals surface area contributed by atoms with Crippen LogP contribution in [0.25, 0.3) is 0 Å². The topological polar surface area (TPSA) is 116 Å². The van der Waals surface area contributed by atoms with Crippen LogP contribution < -0.4 is 0 Å². The Morgan fingerprint density at radius 2 is 2.00 bits per heavy atom. The SMILES string of the molecule is COC(=O)C[C@H]1[C@@H](C)C(=O)O[C@@H]2C[C@H]3C(C)=CC(=O)[C@@H](O)[C@]3(C)C3C(=O)OC[C@]321. The summed E-state index contributed by atoms with van der Waals surface area (Å²) in [5.74, 6) is -4.32. The molecule has 1 N–H and O–H groups in total. The van der Waals surface area contributed by atoms with Gasteiger partial charge in [0.1, 0.15) is 18.8 Å². The Morgan fingerprint density at radius 3 is 2.66 bits per heavy atom. The summed E-state index contributed by atoms with van der Waals surface area (Å²) in [5.41, 5.74) is -1.36. The second-order valence-electron chi connectivity index (χ2n) is 9.10. The number of fused-ring (bicyclic) bond motifs is 2. The quantitative estimate of drug-likeness (QED) is 0.529. The minimum absolute atomic E-state index is 0.0214. The summed E-state index contributed by atoms with van der Waals surface area (Å²) in [5, 5.41) is 10.9. The average Bonchev–Trinajstić information content (AvgIpc) is 3.03. The maximum absolute atomic E-state index is 13.0. The van der Waals surface area contributed by atoms with Crippen molar-refractivity contribution < 1.29 is 38.5 Å². The van der Waals surface area contributed by atoms with Gasteiger partial charge in [-0.3, -0.25) is 19.2 Å². The zero-order valence-electron chi connectivity index (χ0n) is 17.0. The summed E-state index contributed by atoms with van der Waals surface area (Å²) in [4.78, 5) is 50.4. The van der Waals surface area contributed by atoms with Crippen molar-refractivity contribution in [3.63, 3.8) is 0 Å². The number of aliphatic hydroxyl groups is 1. The number of rotatable bonds is 2. The minimum Gasteiger partial charge on any atom is -0.469 e. The number of ketones is 1. The maximum Gasteiger partial charge on any atom is 0.310 e. The van der Waals surface area contributed by atoms with Gasteiger partial charge in [0.05, 0.1) is 24.4 Å². The summed E-state index contributed by atoms with van der Waals surface area (Å²) in [6.45, 7) is 5.18. The first-order valence-corrected chi connectivity index (χ1v) is 9.93. The average molecular weight is 406 g/mol. The lowest BCUT2D eigenvalue weighted by Crippen LogP contribution is -2.69. The highest BCUT2D eigenvalue weighted by Gasteiger charge is 2.75. The molecule has 4 aliphatic rings. The number of esters is 3. The molecule has 1 unspecified atom stereocenters. The van der Waals surface area contributed by atoms with Gasteiger partial charge in [0, 0.05) is 11.8 Å². The van der Waals surface area contributed by atoms with E-state index in [9.17, 15) is 24.3 Å². The van der Waals surface area contributed by atoms with Gasteiger partial charge in [-0.15, -0.1) is 0 Å². The number of aliphatic hydroxyl groups excluding tert-OH is 1. The summed E-state index contributed by atoms with van der Waals surface area (Å²) < 4.78 is 16.1. The summed E-state index contributed by atoms with van der Waals surface area (Å²) in [6, 6.07) is 0. The van der Waals surface area contributed by atoms with Crippen molar-refractivity contribution in [1.29, 1.82) is 0 Å². The maximum atomic E-state index is 13.0. The number of cyclic esters (lactones) is 1. The molecule has 1 spiro atoms. The van der Waals surface area contributed by atoms with Crippen LogP contribution in [0.1, 0.15) is 33.6 Å². The predicted octanol–water partition coefficient (Wildman–Crippen LogP) is 0.803. The van der Waals surface area contributed by atoms with Crippen LogP contribution in [0.3, 0.4) is 0 Å². The van der Waals surface area contributed by atoms with Crippen molar-refractivity contribution in [3.05, 3.63) is 11.6 Å². The molecule has 8 heteroatoms. The van der Waals surface area contributed by atoms with Gasteiger partial charge in [-0.2, -0.15) is 0 Å². The fraction of sp³-hybridized carbons (Fsp3) is 0.714. The van der Waals surface area contributed by atoms with Crippen LogP contribution in [0.2, 0.25) is 0 Å². The van der Waals surface area contributed by atoms with Gasteiger partial charge in [0.25, 0.3) is 0 Å². The van der Waals surface area contributed by atoms with Crippen LogP contribution in [-0.4, -0.2) is 54.7 Å². The predicted molar refractivity (Wildman–Crippen MR) is 97.0 cm³/mol. The van der Waals surface area contributed by atoms with Crippen LogP contribution in [0, 0.1) is 34.5 Å². The molecule has 0 aromatic heterocycles. The van der Waals surface area contributed by atoms with Gasteiger partial charge < -0.3 is 19.3 Å². The molecule has 2 saturated heterocycles. The molecule has 2 heterocycles. The number of methoxy groups -OCH3 is 1. The lowest BCUT2D eigenvalue weighted by atomic mass is 9.42. The van der Waals surface area contributed by atoms with Crippen LogP contribution >= 0.6 is 0 Å². The highest BCUT2D eigenvalue weighted by atomic mass is 16.6. The number of carbonyl (C=O) groups is 4. The molecule has 1 saturated carbocycles. The molecule has 0 aromatic carbocycles. The molecular weight excluding hydrogens is 380 g/mol. The Balaban J connectivity index is 1.91. The van der Waals surface area contributed by atoms with E-state index in [1.165, 1.54) is 13.2 Å². The summed E-state index contributed by atoms with van der Waals surface area (Å²) in [7, 11) is 1.27. The molecule has 0 bridgehead atoms. The largest absolute Gasteiger partial charge is 0.469 e. The molecule has 0 aromatic rings. The fourth-order valence-electron chi connectivity index (χ4n) is 6.54. The molecule has 8 atom stereocenters. The molecule has 0 radical (unpaired) electrons. The molecule has 4 rings (SSSR count). The second-order valence-corrected chi connectivity index (χ2v) is 9.10. The van der Waals surface area contributed by atoms with Gasteiger partial charge in [0.2, 0.25) is 0 Å². The van der Waals surface area contributed by atoms with Crippen molar-refractivity contribution in [1.82, 2.24) is 0 Å². The van der Waals surface area contributed by atoms with Crippen molar-refractivity contribution in [3.8, 4) is 0 Å². The molecular formula is C21H26O8. The molecule has 3 fully saturated rings. The Bertz CT molecular complexity index is 831. The molecule has 0 amide bonds. The Labute approximate surface area is 168 Å². The molecule has 8 nitrogen and oxygen atoms in total. The highest BCUT2D eigenvalue weighted by Crippen LogP contribution is 2.67. The number of hydrogen-bond acceptors (Lipinski definition) is 8. The third kappa shape index (κ3) is 2.41. The Morgan fingerprint density at radius 1 is 1.31 bits per heavy atom. The Hall–Kier alpha value is -2.22. The molecule has 158 valence electrons. The lowest BCUT2D eigenvalue weighted by Gasteiger charge is -2.61. The molecule has 2 aliphatic carbocycles. The first-order chi connectivity index (χ1) is 13.6. The zero-order valence-corrected chi connectivity index (χ0v) is 17.0. The summed E-state index contributed by atoms with van der Waals surface area (Å²) in [6.07, 6.45) is -0.345. The second kappa shape index (κ2) is 6.39. The van der Waals surface area contributed by atoms with Crippen molar-refractivity contribution in [2.24, 2.45) is 34.5 Å². The molecule has 2 aliphatic heterocycles. The van der Waals surface area contributed by atoms with Crippen LogP contribution in [0.5, 0.6) is 0 Å². The first-order valence-electron chi connectivity index (χ1n) is 9.93. The number of carbonyl (C=O) groups excluding carboxylic acids is 4. The number of ether oxygens (including phenoxy) is 3. The van der Waals surface area contributed by atoms with Crippen molar-refractivity contribution >= 4 is 23.7 Å². The van der Waals surface area contributed by atoms with E-state index in [0.29, 0.717) is 6.42 Å². The first kappa shape index (κ1) is 20.1. The lowest BCUT2D eigenvalue weighted by molar-refractivity contribution is -0.230. The van der Waals surface area contributed by atoms with E-state index < -0.39 is 64.5 Å². The van der Waals surface area contributed by atoms with E-state index in [-0.39, 0.29) is 18.9 Å². The smallest absolute Gasteiger partial charge is 0.310 e. The summed E-state index contributed by atoms with van der Waals surface area (Å²) >= 11 is 0. The monoisotopic (exact) mass is 406 g/mol. The van der Waals surface area contributed by atoms with E-state index in [0.717, 1.165) is 5.57 Å². The van der Waals surface area contributed by atoms with Crippen LogP contribution in [0.15, 0.2) is 11.6 Å². The zero-order chi connectivity index (χ0) is 21.3. The van der Waals surface area contributed by atoms with Gasteiger partial charge in [0.15, 0.2) is 5.78 Å². The van der Waals surface area contributed by atoms with Gasteiger partial charge in [-0.1, -0.05) is 19.4 Å². The van der Waals surface area contributed by atoms with Crippen molar-refractivity contribution in [2.75, 3.05) is 13.7 Å². The standard InChI is InChI=1S/C21H26O8/c1-9-5-13(22)17(24)20(3)11(9)6-14-21(8-28-19(26)16(20)21)12(7-15(23)27-4)10(2)18(25)29-14/h5,10-12,14,16-17,24H,6-8H2,1-4H3/t10-,11+,12+,14-,16?,17-,20+,21-/m1/s1. The van der Waals surface area contributed by atoms with Gasteiger partial charge in [-0.05, 0) is 31.3 Å². The molecule has 29 heavy (non-hydrogen) atoms. The third-order valence-corrected chi connectivity index (χ3v) is 7.98. The Kier molecular flexibility index (Phi) is 4.42.